The van der Waals surface area contributed by atoms with Crippen LogP contribution in [-0.2, 0) is 6.42 Å². The van der Waals surface area contributed by atoms with Gasteiger partial charge >= 0.3 is 0 Å². The minimum atomic E-state index is -0.357. The molecule has 0 radical (unpaired) electrons. The van der Waals surface area contributed by atoms with Gasteiger partial charge in [0.1, 0.15) is 5.82 Å². The van der Waals surface area contributed by atoms with Crippen LogP contribution in [-0.4, -0.2) is 5.78 Å². The molecule has 1 aliphatic carbocycles. The predicted molar refractivity (Wildman–Crippen MR) is 54.0 cm³/mol. The Labute approximate surface area is 89.9 Å². The second-order valence-corrected chi connectivity index (χ2v) is 3.61. The first kappa shape index (κ1) is 10.7. The van der Waals surface area contributed by atoms with Crippen molar-refractivity contribution in [2.75, 3.05) is 0 Å². The van der Waals surface area contributed by atoms with Crippen LogP contribution in [0.2, 0.25) is 0 Å². The Morgan fingerprint density at radius 3 is 2.69 bits per heavy atom. The van der Waals surface area contributed by atoms with Crippen molar-refractivity contribution in [1.29, 1.82) is 0 Å². The lowest BCUT2D eigenvalue weighted by Gasteiger charge is -2.00. The van der Waals surface area contributed by atoms with Gasteiger partial charge in [0.15, 0.2) is 5.78 Å². The predicted octanol–water partition coefficient (Wildman–Crippen LogP) is 3.14. The highest BCUT2D eigenvalue weighted by atomic mass is 79.9. The van der Waals surface area contributed by atoms with Crippen LogP contribution < -0.4 is 0 Å². The molecule has 0 atom stereocenters. The summed E-state index contributed by atoms with van der Waals surface area (Å²) in [4.78, 5) is 11.2. The van der Waals surface area contributed by atoms with Gasteiger partial charge in [-0.25, -0.2) is 4.39 Å². The first-order valence-electron chi connectivity index (χ1n) is 3.70. The number of carbonyl (C=O) groups is 1. The number of aryl methyl sites for hydroxylation is 1. The number of Topliss-reactive ketones (excluding diaryl/α,β-unsaturated/α-hetero) is 1. The Morgan fingerprint density at radius 1 is 1.31 bits per heavy atom. The van der Waals surface area contributed by atoms with Crippen LogP contribution in [0.5, 0.6) is 0 Å². The van der Waals surface area contributed by atoms with Crippen molar-refractivity contribution in [3.8, 4) is 0 Å². The molecule has 0 N–H and O–H groups in total. The highest BCUT2D eigenvalue weighted by Gasteiger charge is 2.23. The van der Waals surface area contributed by atoms with Crippen LogP contribution in [0.3, 0.4) is 0 Å². The van der Waals surface area contributed by atoms with Crippen LogP contribution in [0.4, 0.5) is 4.39 Å². The van der Waals surface area contributed by atoms with E-state index in [0.29, 0.717) is 16.5 Å². The highest BCUT2D eigenvalue weighted by Crippen LogP contribution is 2.30. The average molecular weight is 266 g/mol. The fraction of sp³-hybridized carbons (Fsp3) is 0.222. The number of benzene rings is 1. The second-order valence-electron chi connectivity index (χ2n) is 2.82. The molecule has 1 aromatic rings. The molecule has 0 saturated heterocycles. The van der Waals surface area contributed by atoms with E-state index in [2.05, 4.69) is 15.9 Å². The second kappa shape index (κ2) is 3.76. The maximum Gasteiger partial charge on any atom is 0.164 e. The van der Waals surface area contributed by atoms with Gasteiger partial charge in [0.2, 0.25) is 0 Å². The van der Waals surface area contributed by atoms with Crippen LogP contribution in [0, 0.1) is 5.82 Å². The van der Waals surface area contributed by atoms with E-state index in [4.69, 9.17) is 0 Å². The van der Waals surface area contributed by atoms with Gasteiger partial charge in [0.25, 0.3) is 0 Å². The van der Waals surface area contributed by atoms with E-state index in [1.807, 2.05) is 0 Å². The molecule has 0 heterocycles. The van der Waals surface area contributed by atoms with E-state index in [0.717, 1.165) is 12.0 Å². The van der Waals surface area contributed by atoms with E-state index < -0.39 is 0 Å². The molecule has 4 heteroatoms. The van der Waals surface area contributed by atoms with Gasteiger partial charge in [-0.1, -0.05) is 6.07 Å². The zero-order chi connectivity index (χ0) is 8.72. The molecule has 0 spiro atoms. The Hall–Kier alpha value is -0.410. The van der Waals surface area contributed by atoms with Gasteiger partial charge in [-0.2, -0.15) is 0 Å². The Morgan fingerprint density at radius 2 is 2.00 bits per heavy atom. The number of halogens is 3. The molecule has 0 saturated carbocycles. The van der Waals surface area contributed by atoms with Crippen molar-refractivity contribution < 1.29 is 9.18 Å². The molecule has 2 rings (SSSR count). The first-order chi connectivity index (χ1) is 5.70. The summed E-state index contributed by atoms with van der Waals surface area (Å²) in [6.07, 6.45) is 1.25. The Balaban J connectivity index is 0.000000845. The molecule has 1 aliphatic rings. The van der Waals surface area contributed by atoms with Crippen molar-refractivity contribution in [2.45, 2.75) is 12.8 Å². The third-order valence-corrected chi connectivity index (χ3v) is 2.86. The molecule has 1 nitrogen and oxygen atoms in total. The summed E-state index contributed by atoms with van der Waals surface area (Å²) in [6.45, 7) is 0. The summed E-state index contributed by atoms with van der Waals surface area (Å²) in [5.74, 6) is -0.319. The van der Waals surface area contributed by atoms with Crippen molar-refractivity contribution in [2.24, 2.45) is 0 Å². The van der Waals surface area contributed by atoms with Gasteiger partial charge in [-0.15, -0.1) is 12.4 Å². The Bertz CT molecular complexity index is 365. The largest absolute Gasteiger partial charge is 0.294 e. The third kappa shape index (κ3) is 1.63. The third-order valence-electron chi connectivity index (χ3n) is 2.08. The van der Waals surface area contributed by atoms with Crippen molar-refractivity contribution in [1.82, 2.24) is 0 Å². The lowest BCUT2D eigenvalue weighted by atomic mass is 10.1. The molecular weight excluding hydrogens is 258 g/mol. The van der Waals surface area contributed by atoms with E-state index in [9.17, 15) is 9.18 Å². The zero-order valence-corrected chi connectivity index (χ0v) is 9.04. The molecule has 1 aromatic carbocycles. The van der Waals surface area contributed by atoms with Crippen molar-refractivity contribution in [3.63, 3.8) is 0 Å². The standard InChI is InChI=1S/C9H6BrFO.ClH/c10-9-6(11)3-1-5-2-4-7(12)8(5)9;/h1,3H,2,4H2;1H. The number of carbonyl (C=O) groups excluding carboxylic acids is 1. The first-order valence-corrected chi connectivity index (χ1v) is 4.49. The monoisotopic (exact) mass is 264 g/mol. The zero-order valence-electron chi connectivity index (χ0n) is 6.64. The Kier molecular flexibility index (Phi) is 3.09. The van der Waals surface area contributed by atoms with Gasteiger partial charge < -0.3 is 0 Å². The maximum atomic E-state index is 12.9. The minimum absolute atomic E-state index is 0. The summed E-state index contributed by atoms with van der Waals surface area (Å²) < 4.78 is 13.3. The lowest BCUT2D eigenvalue weighted by Crippen LogP contribution is -1.94. The molecule has 0 amide bonds. The summed E-state index contributed by atoms with van der Waals surface area (Å²) in [5.41, 5.74) is 1.49. The molecule has 70 valence electrons. The minimum Gasteiger partial charge on any atom is -0.294 e. The van der Waals surface area contributed by atoms with Gasteiger partial charge in [0, 0.05) is 12.0 Å². The van der Waals surface area contributed by atoms with E-state index in [1.54, 1.807) is 6.07 Å². The van der Waals surface area contributed by atoms with Crippen LogP contribution in [0.25, 0.3) is 0 Å². The van der Waals surface area contributed by atoms with Gasteiger partial charge in [-0.3, -0.25) is 4.79 Å². The number of ketones is 1. The highest BCUT2D eigenvalue weighted by molar-refractivity contribution is 9.10. The molecule has 13 heavy (non-hydrogen) atoms. The number of hydrogen-bond acceptors (Lipinski definition) is 1. The fourth-order valence-electron chi connectivity index (χ4n) is 1.47. The molecule has 0 bridgehead atoms. The lowest BCUT2D eigenvalue weighted by molar-refractivity contribution is 0.0993. The molecule has 0 aliphatic heterocycles. The quantitative estimate of drug-likeness (QED) is 0.704. The number of rotatable bonds is 0. The van der Waals surface area contributed by atoms with Crippen molar-refractivity contribution in [3.05, 3.63) is 33.5 Å². The summed E-state index contributed by atoms with van der Waals surface area (Å²) in [5, 5.41) is 0. The number of hydrogen-bond donors (Lipinski definition) is 0. The summed E-state index contributed by atoms with van der Waals surface area (Å²) in [6, 6.07) is 3.07. The molecule has 0 unspecified atom stereocenters. The van der Waals surface area contributed by atoms with Gasteiger partial charge in [0.05, 0.1) is 4.47 Å². The van der Waals surface area contributed by atoms with E-state index >= 15 is 0 Å². The van der Waals surface area contributed by atoms with Crippen LogP contribution in [0.1, 0.15) is 22.3 Å². The van der Waals surface area contributed by atoms with E-state index in [-0.39, 0.29) is 24.0 Å². The van der Waals surface area contributed by atoms with E-state index in [1.165, 1.54) is 6.07 Å². The normalized spacial score (nSPS) is 13.8. The molecule has 0 fully saturated rings. The van der Waals surface area contributed by atoms with Gasteiger partial charge in [-0.05, 0) is 34.0 Å². The number of fused-ring (bicyclic) bond motifs is 1. The topological polar surface area (TPSA) is 17.1 Å². The SMILES string of the molecule is Cl.O=C1CCc2ccc(F)c(Br)c21. The summed E-state index contributed by atoms with van der Waals surface area (Å²) >= 11 is 3.08. The van der Waals surface area contributed by atoms with Crippen LogP contribution >= 0.6 is 28.3 Å². The smallest absolute Gasteiger partial charge is 0.164 e. The average Bonchev–Trinajstić information content (AvgIpc) is 2.41. The maximum absolute atomic E-state index is 12.9. The van der Waals surface area contributed by atoms with Crippen molar-refractivity contribution >= 4 is 34.1 Å². The summed E-state index contributed by atoms with van der Waals surface area (Å²) in [7, 11) is 0. The molecule has 0 aromatic heterocycles. The van der Waals surface area contributed by atoms with Crippen LogP contribution in [0.15, 0.2) is 16.6 Å². The fourth-order valence-corrected chi connectivity index (χ4v) is 2.08. The molecular formula is C9H7BrClFO.